The van der Waals surface area contributed by atoms with Gasteiger partial charge in [-0.15, -0.1) is 0 Å². The van der Waals surface area contributed by atoms with E-state index in [0.29, 0.717) is 30.9 Å². The molecule has 3 aliphatic rings. The van der Waals surface area contributed by atoms with Crippen molar-refractivity contribution in [1.82, 2.24) is 14.8 Å². The van der Waals surface area contributed by atoms with Gasteiger partial charge in [0.25, 0.3) is 5.91 Å². The van der Waals surface area contributed by atoms with Crippen LogP contribution in [0.1, 0.15) is 42.4 Å². The van der Waals surface area contributed by atoms with Gasteiger partial charge in [-0.25, -0.2) is 14.1 Å². The Morgan fingerprint density at radius 1 is 1.11 bits per heavy atom. The van der Waals surface area contributed by atoms with E-state index in [4.69, 9.17) is 4.74 Å². The number of aromatic nitrogens is 1. The molecule has 3 aromatic rings. The summed E-state index contributed by atoms with van der Waals surface area (Å²) >= 11 is 0. The van der Waals surface area contributed by atoms with Crippen molar-refractivity contribution >= 4 is 17.9 Å². The van der Waals surface area contributed by atoms with Crippen LogP contribution in [-0.4, -0.2) is 45.8 Å². The zero-order valence-electron chi connectivity index (χ0n) is 20.9. The van der Waals surface area contributed by atoms with Gasteiger partial charge in [0.05, 0.1) is 0 Å². The lowest BCUT2D eigenvalue weighted by Crippen LogP contribution is -2.44. The van der Waals surface area contributed by atoms with Crippen molar-refractivity contribution in [2.75, 3.05) is 13.1 Å². The Morgan fingerprint density at radius 3 is 2.66 bits per heavy atom. The molecule has 1 aliphatic heterocycles. The van der Waals surface area contributed by atoms with Gasteiger partial charge >= 0.3 is 6.09 Å². The minimum absolute atomic E-state index is 0.286. The number of pyridine rings is 1. The number of aryl methyl sites for hydroxylation is 1. The average Bonchev–Trinajstić information content (AvgIpc) is 3.65. The molecule has 0 bridgehead atoms. The van der Waals surface area contributed by atoms with Crippen molar-refractivity contribution in [1.29, 1.82) is 0 Å². The largest absolute Gasteiger partial charge is 0.427 e. The van der Waals surface area contributed by atoms with Crippen molar-refractivity contribution in [2.45, 2.75) is 44.2 Å². The third kappa shape index (κ3) is 4.55. The highest BCUT2D eigenvalue weighted by atomic mass is 19.1. The first-order chi connectivity index (χ1) is 18.4. The van der Waals surface area contributed by atoms with E-state index in [1.807, 2.05) is 30.3 Å². The number of nitrogens with zero attached hydrogens (tertiary/aromatic N) is 3. The molecule has 0 unspecified atom stereocenters. The van der Waals surface area contributed by atoms with Crippen LogP contribution in [0.2, 0.25) is 0 Å². The Kier molecular flexibility index (Phi) is 6.18. The molecule has 7 nitrogen and oxygen atoms in total. The number of hydrogen-bond donors (Lipinski definition) is 0. The van der Waals surface area contributed by atoms with E-state index in [-0.39, 0.29) is 24.8 Å². The predicted octanol–water partition coefficient (Wildman–Crippen LogP) is 4.84. The maximum atomic E-state index is 13.6. The number of hydrogen-bond acceptors (Lipinski definition) is 5. The second kappa shape index (κ2) is 9.67. The summed E-state index contributed by atoms with van der Waals surface area (Å²) in [6.07, 6.45) is 6.79. The SMILES string of the molecule is O=C(CN1C(=O)O[C@@]2(CCc3cc(-c4cccnc4)ccc32)C1=O)N(CCC1CC1)Cc1ccc(F)cc1. The summed E-state index contributed by atoms with van der Waals surface area (Å²) in [4.78, 5) is 46.7. The minimum Gasteiger partial charge on any atom is -0.427 e. The van der Waals surface area contributed by atoms with Crippen molar-refractivity contribution in [3.8, 4) is 11.1 Å². The van der Waals surface area contributed by atoms with Gasteiger partial charge in [-0.2, -0.15) is 0 Å². The average molecular weight is 514 g/mol. The molecule has 1 aromatic heterocycles. The molecule has 1 saturated carbocycles. The highest BCUT2D eigenvalue weighted by molar-refractivity contribution is 6.06. The molecule has 2 heterocycles. The highest BCUT2D eigenvalue weighted by Crippen LogP contribution is 2.46. The second-order valence-corrected chi connectivity index (χ2v) is 10.4. The number of carbonyl (C=O) groups excluding carboxylic acids is 3. The zero-order valence-corrected chi connectivity index (χ0v) is 20.9. The zero-order chi connectivity index (χ0) is 26.3. The molecule has 194 valence electrons. The molecule has 1 spiro atoms. The van der Waals surface area contributed by atoms with Gasteiger partial charge in [-0.05, 0) is 59.2 Å². The minimum atomic E-state index is -1.39. The Balaban J connectivity index is 1.20. The number of imide groups is 1. The van der Waals surface area contributed by atoms with Crippen LogP contribution in [0.4, 0.5) is 9.18 Å². The van der Waals surface area contributed by atoms with E-state index in [1.54, 1.807) is 29.4 Å². The summed E-state index contributed by atoms with van der Waals surface area (Å²) in [7, 11) is 0. The molecular weight excluding hydrogens is 485 g/mol. The van der Waals surface area contributed by atoms with Gasteiger partial charge in [0.1, 0.15) is 12.4 Å². The fourth-order valence-corrected chi connectivity index (χ4v) is 5.45. The summed E-state index contributed by atoms with van der Waals surface area (Å²) in [6.45, 7) is 0.422. The molecule has 0 N–H and O–H groups in total. The Hall–Kier alpha value is -4.07. The fourth-order valence-electron chi connectivity index (χ4n) is 5.45. The van der Waals surface area contributed by atoms with Crippen molar-refractivity contribution < 1.29 is 23.5 Å². The standard InChI is InChI=1S/C30H28FN3O4/c31-25-8-5-21(6-9-25)18-33(15-12-20-3-4-20)27(35)19-34-28(36)30(38-29(34)37)13-11-23-16-22(7-10-26(23)30)24-2-1-14-32-17-24/h1-2,5-10,14,16-17,20H,3-4,11-13,15,18-19H2/t30-/m1/s1. The van der Waals surface area contributed by atoms with Gasteiger partial charge < -0.3 is 9.64 Å². The monoisotopic (exact) mass is 513 g/mol. The molecule has 0 radical (unpaired) electrons. The van der Waals surface area contributed by atoms with E-state index in [9.17, 15) is 18.8 Å². The fraction of sp³-hybridized carbons (Fsp3) is 0.333. The lowest BCUT2D eigenvalue weighted by molar-refractivity contribution is -0.142. The smallest absolute Gasteiger partial charge is 0.418 e. The van der Waals surface area contributed by atoms with Crippen molar-refractivity contribution in [3.63, 3.8) is 0 Å². The van der Waals surface area contributed by atoms with Gasteiger partial charge in [-0.1, -0.05) is 49.2 Å². The number of ether oxygens (including phenoxy) is 1. The number of amides is 3. The van der Waals surface area contributed by atoms with Gasteiger partial charge in [0, 0.05) is 37.5 Å². The molecule has 3 amide bonds. The Labute approximate surface area is 220 Å². The van der Waals surface area contributed by atoms with Crippen LogP contribution in [-0.2, 0) is 32.9 Å². The lowest BCUT2D eigenvalue weighted by atomic mass is 9.93. The summed E-state index contributed by atoms with van der Waals surface area (Å²) in [5.41, 5.74) is 2.96. The molecule has 2 aliphatic carbocycles. The number of halogens is 1. The molecule has 2 aromatic carbocycles. The van der Waals surface area contributed by atoms with Crippen LogP contribution in [0.3, 0.4) is 0 Å². The van der Waals surface area contributed by atoms with Gasteiger partial charge in [0.15, 0.2) is 0 Å². The predicted molar refractivity (Wildman–Crippen MR) is 137 cm³/mol. The first kappa shape index (κ1) is 24.3. The summed E-state index contributed by atoms with van der Waals surface area (Å²) in [6, 6.07) is 15.6. The molecule has 1 atom stereocenters. The second-order valence-electron chi connectivity index (χ2n) is 10.4. The molecule has 6 rings (SSSR count). The third-order valence-corrected chi connectivity index (χ3v) is 7.79. The lowest BCUT2D eigenvalue weighted by Gasteiger charge is -2.25. The van der Waals surface area contributed by atoms with Crippen LogP contribution in [0.5, 0.6) is 0 Å². The van der Waals surface area contributed by atoms with E-state index in [2.05, 4.69) is 4.98 Å². The maximum Gasteiger partial charge on any atom is 0.418 e. The summed E-state index contributed by atoms with van der Waals surface area (Å²) in [5.74, 6) is -0.563. The molecule has 38 heavy (non-hydrogen) atoms. The third-order valence-electron chi connectivity index (χ3n) is 7.79. The van der Waals surface area contributed by atoms with E-state index in [0.717, 1.165) is 46.4 Å². The van der Waals surface area contributed by atoms with Gasteiger partial charge in [-0.3, -0.25) is 14.6 Å². The number of carbonyl (C=O) groups is 3. The first-order valence-electron chi connectivity index (χ1n) is 13.0. The number of rotatable bonds is 8. The van der Waals surface area contributed by atoms with Crippen LogP contribution in [0, 0.1) is 11.7 Å². The van der Waals surface area contributed by atoms with Crippen LogP contribution in [0.25, 0.3) is 11.1 Å². The Bertz CT molecular complexity index is 1390. The first-order valence-corrected chi connectivity index (χ1v) is 13.0. The van der Waals surface area contributed by atoms with Crippen molar-refractivity contribution in [2.24, 2.45) is 5.92 Å². The van der Waals surface area contributed by atoms with E-state index < -0.39 is 17.6 Å². The summed E-state index contributed by atoms with van der Waals surface area (Å²) in [5, 5.41) is 0. The van der Waals surface area contributed by atoms with Gasteiger partial charge in [0.2, 0.25) is 11.5 Å². The number of benzene rings is 2. The molecule has 1 saturated heterocycles. The maximum absolute atomic E-state index is 13.6. The van der Waals surface area contributed by atoms with E-state index in [1.165, 1.54) is 12.1 Å². The highest BCUT2D eigenvalue weighted by Gasteiger charge is 2.58. The number of fused-ring (bicyclic) bond motifs is 2. The molecule has 8 heteroatoms. The quantitative estimate of drug-likeness (QED) is 0.431. The topological polar surface area (TPSA) is 79.8 Å². The van der Waals surface area contributed by atoms with E-state index >= 15 is 0 Å². The molecular formula is C30H28FN3O4. The Morgan fingerprint density at radius 2 is 1.92 bits per heavy atom. The molecule has 2 fully saturated rings. The van der Waals surface area contributed by atoms with Crippen LogP contribution < -0.4 is 0 Å². The van der Waals surface area contributed by atoms with Crippen LogP contribution in [0.15, 0.2) is 67.0 Å². The summed E-state index contributed by atoms with van der Waals surface area (Å²) < 4.78 is 19.1. The van der Waals surface area contributed by atoms with Crippen LogP contribution >= 0.6 is 0 Å². The normalized spacial score (nSPS) is 20.1. The van der Waals surface area contributed by atoms with Crippen molar-refractivity contribution in [3.05, 3.63) is 89.5 Å².